The molecule has 0 aliphatic carbocycles. The van der Waals surface area contributed by atoms with Gasteiger partial charge in [0.15, 0.2) is 0 Å². The number of amidine groups is 1. The summed E-state index contributed by atoms with van der Waals surface area (Å²) in [7, 11) is 1.30. The predicted molar refractivity (Wildman–Crippen MR) is 59.4 cm³/mol. The van der Waals surface area contributed by atoms with E-state index in [1.54, 1.807) is 6.07 Å². The fraction of sp³-hybridized carbons (Fsp3) is 0.111. The molecule has 0 fully saturated rings. The molecular weight excluding hydrogens is 239 g/mol. The van der Waals surface area contributed by atoms with Crippen molar-refractivity contribution in [3.8, 4) is 0 Å². The minimum Gasteiger partial charge on any atom is -0.397 e. The molecule has 1 aromatic rings. The molecule has 0 radical (unpaired) electrons. The van der Waals surface area contributed by atoms with Crippen LogP contribution in [-0.2, 0) is 4.84 Å². The molecule has 0 atom stereocenters. The maximum Gasteiger partial charge on any atom is 0.232 e. The number of hydrogen-bond donors (Lipinski definition) is 1. The normalized spacial score (nSPS) is 11.3. The lowest BCUT2D eigenvalue weighted by Crippen LogP contribution is -2.24. The topological polar surface area (TPSA) is 64.7 Å². The van der Waals surface area contributed by atoms with Gasteiger partial charge in [-0.3, -0.25) is 4.79 Å². The first-order chi connectivity index (χ1) is 7.06. The van der Waals surface area contributed by atoms with Gasteiger partial charge in [-0.05, 0) is 18.2 Å². The summed E-state index contributed by atoms with van der Waals surface area (Å²) in [5.41, 5.74) is 5.59. The lowest BCUT2D eigenvalue weighted by molar-refractivity contribution is 0.105. The Bertz CT molecular complexity index is 419. The number of benzene rings is 1. The molecule has 0 bridgehead atoms. The van der Waals surface area contributed by atoms with Crippen LogP contribution >= 0.6 is 23.2 Å². The zero-order chi connectivity index (χ0) is 11.4. The molecule has 2 N–H and O–H groups in total. The van der Waals surface area contributed by atoms with Gasteiger partial charge in [0.1, 0.15) is 7.11 Å². The van der Waals surface area contributed by atoms with Gasteiger partial charge in [-0.1, -0.05) is 28.4 Å². The van der Waals surface area contributed by atoms with Crippen molar-refractivity contribution in [3.05, 3.63) is 33.8 Å². The van der Waals surface area contributed by atoms with Crippen molar-refractivity contribution in [2.45, 2.75) is 0 Å². The Morgan fingerprint density at radius 3 is 2.67 bits per heavy atom. The smallest absolute Gasteiger partial charge is 0.232 e. The van der Waals surface area contributed by atoms with Gasteiger partial charge in [0, 0.05) is 10.6 Å². The van der Waals surface area contributed by atoms with E-state index < -0.39 is 5.78 Å². The number of rotatable bonds is 3. The average Bonchev–Trinajstić information content (AvgIpc) is 2.17. The predicted octanol–water partition coefficient (Wildman–Crippen LogP) is 2.09. The van der Waals surface area contributed by atoms with Crippen LogP contribution in [0.1, 0.15) is 10.4 Å². The molecule has 80 valence electrons. The molecule has 0 saturated carbocycles. The quantitative estimate of drug-likeness (QED) is 0.385. The van der Waals surface area contributed by atoms with Crippen LogP contribution in [0.3, 0.4) is 0 Å². The van der Waals surface area contributed by atoms with Gasteiger partial charge in [0.25, 0.3) is 0 Å². The van der Waals surface area contributed by atoms with Gasteiger partial charge < -0.3 is 10.6 Å². The highest BCUT2D eigenvalue weighted by molar-refractivity contribution is 6.48. The molecule has 0 amide bonds. The van der Waals surface area contributed by atoms with Crippen LogP contribution in [0.4, 0.5) is 0 Å². The molecule has 0 unspecified atom stereocenters. The first-order valence-electron chi connectivity index (χ1n) is 3.92. The van der Waals surface area contributed by atoms with Crippen LogP contribution in [0.25, 0.3) is 0 Å². The van der Waals surface area contributed by atoms with Crippen molar-refractivity contribution in [2.24, 2.45) is 10.9 Å². The lowest BCUT2D eigenvalue weighted by Gasteiger charge is -2.02. The molecule has 0 saturated heterocycles. The average molecular weight is 247 g/mol. The Hall–Kier alpha value is -1.26. The molecule has 6 heteroatoms. The van der Waals surface area contributed by atoms with Gasteiger partial charge >= 0.3 is 0 Å². The van der Waals surface area contributed by atoms with E-state index in [-0.39, 0.29) is 16.4 Å². The van der Waals surface area contributed by atoms with E-state index in [1.165, 1.54) is 19.2 Å². The Balaban J connectivity index is 3.07. The van der Waals surface area contributed by atoms with Crippen LogP contribution in [0.2, 0.25) is 10.0 Å². The van der Waals surface area contributed by atoms with Crippen LogP contribution in [0.5, 0.6) is 0 Å². The van der Waals surface area contributed by atoms with Crippen molar-refractivity contribution < 1.29 is 9.63 Å². The molecule has 0 heterocycles. The number of nitrogens with two attached hydrogens (primary N) is 1. The summed E-state index contributed by atoms with van der Waals surface area (Å²) in [5.74, 6) is -0.764. The van der Waals surface area contributed by atoms with Gasteiger partial charge in [-0.25, -0.2) is 0 Å². The minimum absolute atomic E-state index is 0.224. The molecule has 0 aliphatic rings. The fourth-order valence-electron chi connectivity index (χ4n) is 0.951. The SMILES string of the molecule is CON=C(N)C(=O)c1ccc(Cl)cc1Cl. The zero-order valence-electron chi connectivity index (χ0n) is 7.83. The third-order valence-electron chi connectivity index (χ3n) is 1.60. The number of carbonyl (C=O) groups excluding carboxylic acids is 1. The highest BCUT2D eigenvalue weighted by atomic mass is 35.5. The first kappa shape index (κ1) is 11.8. The molecule has 0 aliphatic heterocycles. The number of halogens is 2. The largest absolute Gasteiger partial charge is 0.397 e. The van der Waals surface area contributed by atoms with E-state index >= 15 is 0 Å². The molecular formula is C9H8Cl2N2O2. The van der Waals surface area contributed by atoms with E-state index in [0.717, 1.165) is 0 Å². The van der Waals surface area contributed by atoms with Crippen molar-refractivity contribution in [1.82, 2.24) is 0 Å². The van der Waals surface area contributed by atoms with Crippen molar-refractivity contribution in [2.75, 3.05) is 7.11 Å². The molecule has 0 aromatic heterocycles. The second kappa shape index (κ2) is 5.00. The summed E-state index contributed by atoms with van der Waals surface area (Å²) in [6.45, 7) is 0. The van der Waals surface area contributed by atoms with E-state index in [1.807, 2.05) is 0 Å². The molecule has 4 nitrogen and oxygen atoms in total. The van der Waals surface area contributed by atoms with E-state index in [0.29, 0.717) is 5.02 Å². The number of oxime groups is 1. The zero-order valence-corrected chi connectivity index (χ0v) is 9.34. The van der Waals surface area contributed by atoms with Gasteiger partial charge in [-0.15, -0.1) is 0 Å². The molecule has 0 spiro atoms. The molecule has 15 heavy (non-hydrogen) atoms. The Morgan fingerprint density at radius 1 is 1.47 bits per heavy atom. The van der Waals surface area contributed by atoms with E-state index in [9.17, 15) is 4.79 Å². The third kappa shape index (κ3) is 2.84. The Morgan fingerprint density at radius 2 is 2.13 bits per heavy atom. The van der Waals surface area contributed by atoms with E-state index in [2.05, 4.69) is 9.99 Å². The lowest BCUT2D eigenvalue weighted by atomic mass is 10.1. The molecule has 1 aromatic carbocycles. The second-order valence-electron chi connectivity index (χ2n) is 2.61. The fourth-order valence-corrected chi connectivity index (χ4v) is 1.45. The molecule has 1 rings (SSSR count). The Kier molecular flexibility index (Phi) is 3.94. The van der Waals surface area contributed by atoms with E-state index in [4.69, 9.17) is 28.9 Å². The third-order valence-corrected chi connectivity index (χ3v) is 2.15. The number of carbonyl (C=O) groups is 1. The van der Waals surface area contributed by atoms with Gasteiger partial charge in [-0.2, -0.15) is 0 Å². The van der Waals surface area contributed by atoms with Crippen molar-refractivity contribution in [3.63, 3.8) is 0 Å². The maximum atomic E-state index is 11.6. The van der Waals surface area contributed by atoms with Gasteiger partial charge in [0.05, 0.1) is 5.02 Å². The number of Topliss-reactive ketones (excluding diaryl/α,β-unsaturated/α-hetero) is 1. The highest BCUT2D eigenvalue weighted by Crippen LogP contribution is 2.21. The number of ketones is 1. The van der Waals surface area contributed by atoms with Crippen LogP contribution in [0.15, 0.2) is 23.4 Å². The van der Waals surface area contributed by atoms with Gasteiger partial charge in [0.2, 0.25) is 11.6 Å². The Labute approximate surface area is 96.6 Å². The second-order valence-corrected chi connectivity index (χ2v) is 3.46. The number of hydrogen-bond acceptors (Lipinski definition) is 3. The standard InChI is InChI=1S/C9H8Cl2N2O2/c1-15-13-9(12)8(14)6-3-2-5(10)4-7(6)11/h2-4H,1H3,(H2,12,13). The highest BCUT2D eigenvalue weighted by Gasteiger charge is 2.15. The summed E-state index contributed by atoms with van der Waals surface area (Å²) < 4.78 is 0. The monoisotopic (exact) mass is 246 g/mol. The number of nitrogens with zero attached hydrogens (tertiary/aromatic N) is 1. The summed E-state index contributed by atoms with van der Waals surface area (Å²) >= 11 is 11.5. The maximum absolute atomic E-state index is 11.6. The van der Waals surface area contributed by atoms with Crippen LogP contribution in [0, 0.1) is 0 Å². The van der Waals surface area contributed by atoms with Crippen molar-refractivity contribution in [1.29, 1.82) is 0 Å². The van der Waals surface area contributed by atoms with Crippen LogP contribution < -0.4 is 5.73 Å². The van der Waals surface area contributed by atoms with Crippen LogP contribution in [-0.4, -0.2) is 18.7 Å². The van der Waals surface area contributed by atoms with Crippen molar-refractivity contribution >= 4 is 34.8 Å². The first-order valence-corrected chi connectivity index (χ1v) is 4.68. The summed E-state index contributed by atoms with van der Waals surface area (Å²) in [5, 5.41) is 3.98. The summed E-state index contributed by atoms with van der Waals surface area (Å²) in [6, 6.07) is 4.47. The summed E-state index contributed by atoms with van der Waals surface area (Å²) in [6.07, 6.45) is 0. The summed E-state index contributed by atoms with van der Waals surface area (Å²) in [4.78, 5) is 16.0. The minimum atomic E-state index is -0.501.